The Hall–Kier alpha value is -0.570. The van der Waals surface area contributed by atoms with E-state index in [4.69, 9.17) is 4.74 Å². The van der Waals surface area contributed by atoms with Gasteiger partial charge in [0.1, 0.15) is 5.60 Å². The van der Waals surface area contributed by atoms with Gasteiger partial charge in [-0.05, 0) is 52.4 Å². The zero-order valence-corrected chi connectivity index (χ0v) is 13.3. The van der Waals surface area contributed by atoms with Crippen molar-refractivity contribution >= 4 is 5.97 Å². The Bertz CT molecular complexity index is 316. The second-order valence-electron chi connectivity index (χ2n) is 7.34. The molecule has 0 aromatic heterocycles. The average molecular weight is 270 g/mol. The number of ether oxygens (including phenoxy) is 1. The van der Waals surface area contributed by atoms with Crippen LogP contribution in [0.2, 0.25) is 0 Å². The Kier molecular flexibility index (Phi) is 5.05. The summed E-state index contributed by atoms with van der Waals surface area (Å²) in [5.74, 6) is -0.166. The fraction of sp³-hybridized carbons (Fsp3) is 0.938. The SMILES string of the molecule is CC(C)C1CCCCC1(O)C(C)C(=O)OC(C)(C)C. The maximum absolute atomic E-state index is 12.2. The van der Waals surface area contributed by atoms with Crippen LogP contribution < -0.4 is 0 Å². The summed E-state index contributed by atoms with van der Waals surface area (Å²) in [6.45, 7) is 11.7. The van der Waals surface area contributed by atoms with Gasteiger partial charge in [-0.15, -0.1) is 0 Å². The van der Waals surface area contributed by atoms with Crippen LogP contribution in [0, 0.1) is 17.8 Å². The lowest BCUT2D eigenvalue weighted by molar-refractivity contribution is -0.178. The summed E-state index contributed by atoms with van der Waals surface area (Å²) in [4.78, 5) is 12.2. The first kappa shape index (κ1) is 16.5. The van der Waals surface area contributed by atoms with Gasteiger partial charge in [0.15, 0.2) is 0 Å². The minimum absolute atomic E-state index is 0.184. The lowest BCUT2D eigenvalue weighted by Crippen LogP contribution is -2.52. The molecule has 0 bridgehead atoms. The minimum atomic E-state index is -0.908. The molecule has 0 aromatic carbocycles. The van der Waals surface area contributed by atoms with E-state index in [1.165, 1.54) is 0 Å². The quantitative estimate of drug-likeness (QED) is 0.798. The third kappa shape index (κ3) is 3.95. The van der Waals surface area contributed by atoms with Crippen LogP contribution in [-0.4, -0.2) is 22.3 Å². The van der Waals surface area contributed by atoms with Gasteiger partial charge in [-0.25, -0.2) is 0 Å². The van der Waals surface area contributed by atoms with Crippen LogP contribution >= 0.6 is 0 Å². The molecular weight excluding hydrogens is 240 g/mol. The first-order valence-corrected chi connectivity index (χ1v) is 7.53. The molecule has 1 saturated carbocycles. The van der Waals surface area contributed by atoms with E-state index in [1.54, 1.807) is 0 Å². The van der Waals surface area contributed by atoms with Crippen molar-refractivity contribution in [3.63, 3.8) is 0 Å². The molecule has 1 aliphatic carbocycles. The van der Waals surface area contributed by atoms with Crippen LogP contribution in [0.15, 0.2) is 0 Å². The third-order valence-electron chi connectivity index (χ3n) is 4.30. The van der Waals surface area contributed by atoms with E-state index in [-0.39, 0.29) is 11.9 Å². The van der Waals surface area contributed by atoms with Crippen molar-refractivity contribution in [1.82, 2.24) is 0 Å². The van der Waals surface area contributed by atoms with Crippen molar-refractivity contribution in [2.24, 2.45) is 17.8 Å². The summed E-state index contributed by atoms with van der Waals surface area (Å²) in [6.07, 6.45) is 3.84. The number of rotatable bonds is 3. The fourth-order valence-corrected chi connectivity index (χ4v) is 3.25. The summed E-state index contributed by atoms with van der Waals surface area (Å²) in [6, 6.07) is 0. The van der Waals surface area contributed by atoms with Crippen LogP contribution in [0.1, 0.15) is 67.2 Å². The predicted octanol–water partition coefficient (Wildman–Crippen LogP) is 3.54. The van der Waals surface area contributed by atoms with Crippen LogP contribution in [-0.2, 0) is 9.53 Å². The van der Waals surface area contributed by atoms with Crippen molar-refractivity contribution in [3.8, 4) is 0 Å². The Morgan fingerprint density at radius 2 is 1.84 bits per heavy atom. The maximum atomic E-state index is 12.2. The Labute approximate surface area is 117 Å². The standard InChI is InChI=1S/C16H30O3/c1-11(2)13-9-7-8-10-16(13,18)12(3)14(17)19-15(4,5)6/h11-13,18H,7-10H2,1-6H3. The number of carbonyl (C=O) groups is 1. The van der Waals surface area contributed by atoms with Crippen molar-refractivity contribution in [2.75, 3.05) is 0 Å². The summed E-state index contributed by atoms with van der Waals surface area (Å²) < 4.78 is 5.45. The smallest absolute Gasteiger partial charge is 0.312 e. The number of hydrogen-bond donors (Lipinski definition) is 1. The highest BCUT2D eigenvalue weighted by Gasteiger charge is 2.48. The van der Waals surface area contributed by atoms with Crippen LogP contribution in [0.3, 0.4) is 0 Å². The first-order chi connectivity index (χ1) is 8.58. The van der Waals surface area contributed by atoms with Crippen LogP contribution in [0.4, 0.5) is 0 Å². The number of aliphatic hydroxyl groups is 1. The summed E-state index contributed by atoms with van der Waals surface area (Å²) in [5.41, 5.74) is -1.40. The van der Waals surface area contributed by atoms with Gasteiger partial charge in [0.2, 0.25) is 0 Å². The van der Waals surface area contributed by atoms with Gasteiger partial charge in [0.25, 0.3) is 0 Å². The van der Waals surface area contributed by atoms with E-state index >= 15 is 0 Å². The molecule has 0 spiro atoms. The third-order valence-corrected chi connectivity index (χ3v) is 4.30. The van der Waals surface area contributed by atoms with Crippen LogP contribution in [0.25, 0.3) is 0 Å². The Morgan fingerprint density at radius 3 is 2.32 bits per heavy atom. The molecule has 0 aliphatic heterocycles. The summed E-state index contributed by atoms with van der Waals surface area (Å²) in [7, 11) is 0. The molecule has 0 amide bonds. The first-order valence-electron chi connectivity index (χ1n) is 7.53. The van der Waals surface area contributed by atoms with E-state index in [9.17, 15) is 9.90 Å². The molecule has 112 valence electrons. The highest BCUT2D eigenvalue weighted by atomic mass is 16.6. The fourth-order valence-electron chi connectivity index (χ4n) is 3.25. The number of carbonyl (C=O) groups excluding carboxylic acids is 1. The van der Waals surface area contributed by atoms with Crippen molar-refractivity contribution < 1.29 is 14.6 Å². The molecule has 3 nitrogen and oxygen atoms in total. The molecule has 19 heavy (non-hydrogen) atoms. The lowest BCUT2D eigenvalue weighted by atomic mass is 9.65. The minimum Gasteiger partial charge on any atom is -0.460 e. The monoisotopic (exact) mass is 270 g/mol. The molecule has 0 radical (unpaired) electrons. The van der Waals surface area contributed by atoms with Gasteiger partial charge < -0.3 is 9.84 Å². The summed E-state index contributed by atoms with van der Waals surface area (Å²) in [5, 5.41) is 11.0. The van der Waals surface area contributed by atoms with Gasteiger partial charge in [0, 0.05) is 0 Å². The van der Waals surface area contributed by atoms with Crippen molar-refractivity contribution in [1.29, 1.82) is 0 Å². The van der Waals surface area contributed by atoms with E-state index < -0.39 is 17.1 Å². The molecule has 1 aliphatic rings. The highest BCUT2D eigenvalue weighted by Crippen LogP contribution is 2.43. The molecule has 0 aromatic rings. The van der Waals surface area contributed by atoms with Gasteiger partial charge in [-0.2, -0.15) is 0 Å². The second-order valence-corrected chi connectivity index (χ2v) is 7.34. The molecule has 1 rings (SSSR count). The molecule has 1 fully saturated rings. The molecule has 0 heterocycles. The van der Waals surface area contributed by atoms with E-state index in [0.29, 0.717) is 12.3 Å². The van der Waals surface area contributed by atoms with E-state index in [2.05, 4.69) is 13.8 Å². The van der Waals surface area contributed by atoms with E-state index in [0.717, 1.165) is 19.3 Å². The molecular formula is C16H30O3. The van der Waals surface area contributed by atoms with Gasteiger partial charge in [0.05, 0.1) is 11.5 Å². The predicted molar refractivity (Wildman–Crippen MR) is 76.8 cm³/mol. The lowest BCUT2D eigenvalue weighted by Gasteiger charge is -2.45. The van der Waals surface area contributed by atoms with Gasteiger partial charge >= 0.3 is 5.97 Å². The van der Waals surface area contributed by atoms with E-state index in [1.807, 2.05) is 27.7 Å². The Morgan fingerprint density at radius 1 is 1.26 bits per heavy atom. The van der Waals surface area contributed by atoms with Gasteiger partial charge in [-0.3, -0.25) is 4.79 Å². The summed E-state index contributed by atoms with van der Waals surface area (Å²) >= 11 is 0. The molecule has 0 saturated heterocycles. The zero-order chi connectivity index (χ0) is 14.8. The maximum Gasteiger partial charge on any atom is 0.312 e. The highest BCUT2D eigenvalue weighted by molar-refractivity contribution is 5.74. The van der Waals surface area contributed by atoms with Crippen molar-refractivity contribution in [2.45, 2.75) is 78.4 Å². The average Bonchev–Trinajstić information content (AvgIpc) is 2.25. The Balaban J connectivity index is 2.87. The topological polar surface area (TPSA) is 46.5 Å². The number of hydrogen-bond acceptors (Lipinski definition) is 3. The second kappa shape index (κ2) is 5.82. The van der Waals surface area contributed by atoms with Gasteiger partial charge in [-0.1, -0.05) is 26.7 Å². The normalized spacial score (nSPS) is 30.2. The largest absolute Gasteiger partial charge is 0.460 e. The molecule has 3 atom stereocenters. The molecule has 3 heteroatoms. The molecule has 3 unspecified atom stereocenters. The van der Waals surface area contributed by atoms with Crippen molar-refractivity contribution in [3.05, 3.63) is 0 Å². The number of esters is 1. The zero-order valence-electron chi connectivity index (χ0n) is 13.3. The molecule has 1 N–H and O–H groups in total. The van der Waals surface area contributed by atoms with Crippen LogP contribution in [0.5, 0.6) is 0 Å².